The van der Waals surface area contributed by atoms with Crippen molar-refractivity contribution >= 4 is 28.6 Å². The Balaban J connectivity index is 1.57. The Hall–Kier alpha value is -2.37. The van der Waals surface area contributed by atoms with E-state index in [2.05, 4.69) is 9.88 Å². The molecular formula is C18H21N3O3. The van der Waals surface area contributed by atoms with E-state index in [9.17, 15) is 14.7 Å². The van der Waals surface area contributed by atoms with Crippen LogP contribution in [-0.2, 0) is 16.6 Å². The molecule has 6 heteroatoms. The number of anilines is 1. The van der Waals surface area contributed by atoms with Gasteiger partial charge in [-0.15, -0.1) is 0 Å². The fraction of sp³-hybridized carbons (Fsp3) is 0.500. The molecule has 0 bridgehead atoms. The predicted molar refractivity (Wildman–Crippen MR) is 89.7 cm³/mol. The van der Waals surface area contributed by atoms with Gasteiger partial charge in [0.25, 0.3) is 0 Å². The van der Waals surface area contributed by atoms with E-state index < -0.39 is 23.2 Å². The van der Waals surface area contributed by atoms with E-state index >= 15 is 0 Å². The highest BCUT2D eigenvalue weighted by Gasteiger charge is 2.65. The van der Waals surface area contributed by atoms with Crippen LogP contribution in [0.2, 0.25) is 0 Å². The molecule has 1 amide bonds. The van der Waals surface area contributed by atoms with E-state index in [0.717, 1.165) is 16.9 Å². The molecule has 0 spiro atoms. The number of benzene rings is 1. The monoisotopic (exact) mass is 327 g/mol. The van der Waals surface area contributed by atoms with E-state index in [-0.39, 0.29) is 5.91 Å². The number of hydrogen-bond donors (Lipinski definition) is 2. The summed E-state index contributed by atoms with van der Waals surface area (Å²) in [5, 5.41) is 12.1. The zero-order valence-electron chi connectivity index (χ0n) is 14.0. The Morgan fingerprint density at radius 1 is 1.29 bits per heavy atom. The SMILES string of the molecule is Cn1c(C2CC2)nc2cc(NC(=O)[C@@H]3[C@H](C(=O)O)C3(C)C)ccc21. The summed E-state index contributed by atoms with van der Waals surface area (Å²) in [6.07, 6.45) is 2.38. The Kier molecular flexibility index (Phi) is 3.04. The van der Waals surface area contributed by atoms with Gasteiger partial charge in [0, 0.05) is 18.7 Å². The van der Waals surface area contributed by atoms with Crippen molar-refractivity contribution in [3.63, 3.8) is 0 Å². The molecule has 0 unspecified atom stereocenters. The van der Waals surface area contributed by atoms with Crippen LogP contribution in [0.3, 0.4) is 0 Å². The van der Waals surface area contributed by atoms with Gasteiger partial charge < -0.3 is 15.0 Å². The molecule has 126 valence electrons. The minimum Gasteiger partial charge on any atom is -0.481 e. The quantitative estimate of drug-likeness (QED) is 0.904. The highest BCUT2D eigenvalue weighted by Crippen LogP contribution is 2.58. The minimum absolute atomic E-state index is 0.231. The third kappa shape index (κ3) is 2.20. The van der Waals surface area contributed by atoms with Gasteiger partial charge in [0.1, 0.15) is 5.82 Å². The number of carboxylic acid groups (broad SMARTS) is 1. The van der Waals surface area contributed by atoms with E-state index in [1.54, 1.807) is 0 Å². The van der Waals surface area contributed by atoms with Crippen molar-refractivity contribution in [1.29, 1.82) is 0 Å². The van der Waals surface area contributed by atoms with Gasteiger partial charge in [-0.2, -0.15) is 0 Å². The third-order valence-corrected chi connectivity index (χ3v) is 5.50. The molecule has 24 heavy (non-hydrogen) atoms. The summed E-state index contributed by atoms with van der Waals surface area (Å²) in [7, 11) is 2.02. The highest BCUT2D eigenvalue weighted by molar-refractivity contribution is 6.00. The first-order valence-electron chi connectivity index (χ1n) is 8.30. The molecule has 2 aliphatic rings. The first-order chi connectivity index (χ1) is 11.3. The van der Waals surface area contributed by atoms with Crippen molar-refractivity contribution in [2.24, 2.45) is 24.3 Å². The fourth-order valence-corrected chi connectivity index (χ4v) is 3.81. The topological polar surface area (TPSA) is 84.2 Å². The third-order valence-electron chi connectivity index (χ3n) is 5.50. The number of hydrogen-bond acceptors (Lipinski definition) is 3. The van der Waals surface area contributed by atoms with Gasteiger partial charge in [0.15, 0.2) is 0 Å². The molecule has 6 nitrogen and oxygen atoms in total. The second-order valence-corrected chi connectivity index (χ2v) is 7.61. The number of aryl methyl sites for hydroxylation is 1. The molecule has 2 aromatic rings. The number of aliphatic carboxylic acids is 1. The van der Waals surface area contributed by atoms with Crippen LogP contribution in [0.5, 0.6) is 0 Å². The zero-order valence-corrected chi connectivity index (χ0v) is 14.0. The summed E-state index contributed by atoms with van der Waals surface area (Å²) in [4.78, 5) is 28.4. The van der Waals surface area contributed by atoms with Crippen LogP contribution in [0.4, 0.5) is 5.69 Å². The second kappa shape index (κ2) is 4.82. The van der Waals surface area contributed by atoms with Gasteiger partial charge >= 0.3 is 5.97 Å². The maximum Gasteiger partial charge on any atom is 0.307 e. The van der Waals surface area contributed by atoms with Crippen molar-refractivity contribution in [1.82, 2.24) is 9.55 Å². The molecular weight excluding hydrogens is 306 g/mol. The van der Waals surface area contributed by atoms with Crippen LogP contribution < -0.4 is 5.32 Å². The first-order valence-corrected chi connectivity index (χ1v) is 8.30. The molecule has 1 aromatic heterocycles. The van der Waals surface area contributed by atoms with Gasteiger partial charge in [0.2, 0.25) is 5.91 Å². The Bertz CT molecular complexity index is 864. The minimum atomic E-state index is -0.908. The largest absolute Gasteiger partial charge is 0.481 e. The van der Waals surface area contributed by atoms with E-state index in [4.69, 9.17) is 4.98 Å². The van der Waals surface area contributed by atoms with Gasteiger partial charge in [0.05, 0.1) is 22.9 Å². The molecule has 1 heterocycles. The van der Waals surface area contributed by atoms with Crippen LogP contribution >= 0.6 is 0 Å². The molecule has 2 saturated carbocycles. The molecule has 0 saturated heterocycles. The molecule has 2 atom stereocenters. The standard InChI is InChI=1S/C18H21N3O3/c1-18(2)13(14(18)17(23)24)16(22)19-10-6-7-12-11(8-10)20-15(21(12)3)9-4-5-9/h6-9,13-14H,4-5H2,1-3H3,(H,19,22)(H,23,24)/t13-,14+/m0/s1. The van der Waals surface area contributed by atoms with Crippen LogP contribution in [0.15, 0.2) is 18.2 Å². The number of imidazole rings is 1. The summed E-state index contributed by atoms with van der Waals surface area (Å²) in [6, 6.07) is 5.67. The maximum atomic E-state index is 12.4. The van der Waals surface area contributed by atoms with E-state index in [1.807, 2.05) is 39.1 Å². The summed E-state index contributed by atoms with van der Waals surface area (Å²) in [6.45, 7) is 3.64. The van der Waals surface area contributed by atoms with Gasteiger partial charge in [-0.1, -0.05) is 13.8 Å². The fourth-order valence-electron chi connectivity index (χ4n) is 3.81. The molecule has 2 aliphatic carbocycles. The summed E-state index contributed by atoms with van der Waals surface area (Å²) < 4.78 is 2.11. The zero-order chi connectivity index (χ0) is 17.2. The number of aromatic nitrogens is 2. The van der Waals surface area contributed by atoms with Crippen molar-refractivity contribution in [3.05, 3.63) is 24.0 Å². The number of nitrogens with zero attached hydrogens (tertiary/aromatic N) is 2. The smallest absolute Gasteiger partial charge is 0.307 e. The van der Waals surface area contributed by atoms with Crippen LogP contribution in [-0.4, -0.2) is 26.5 Å². The lowest BCUT2D eigenvalue weighted by Gasteiger charge is -2.06. The summed E-state index contributed by atoms with van der Waals surface area (Å²) in [5.74, 6) is -0.583. The Morgan fingerprint density at radius 2 is 2.00 bits per heavy atom. The predicted octanol–water partition coefficient (Wildman–Crippen LogP) is 2.75. The molecule has 1 aromatic carbocycles. The summed E-state index contributed by atoms with van der Waals surface area (Å²) in [5.41, 5.74) is 2.08. The van der Waals surface area contributed by atoms with Gasteiger partial charge in [-0.25, -0.2) is 4.98 Å². The lowest BCUT2D eigenvalue weighted by atomic mass is 10.1. The van der Waals surface area contributed by atoms with E-state index in [1.165, 1.54) is 12.8 Å². The number of carboxylic acids is 1. The number of carbonyl (C=O) groups is 2. The van der Waals surface area contributed by atoms with Crippen molar-refractivity contribution in [2.75, 3.05) is 5.32 Å². The van der Waals surface area contributed by atoms with Crippen LogP contribution in [0.25, 0.3) is 11.0 Å². The number of nitrogens with one attached hydrogen (secondary N) is 1. The maximum absolute atomic E-state index is 12.4. The Morgan fingerprint density at radius 3 is 2.58 bits per heavy atom. The van der Waals surface area contributed by atoms with Crippen molar-refractivity contribution < 1.29 is 14.7 Å². The number of rotatable bonds is 4. The van der Waals surface area contributed by atoms with Crippen LogP contribution in [0.1, 0.15) is 38.4 Å². The number of fused-ring (bicyclic) bond motifs is 1. The van der Waals surface area contributed by atoms with Crippen LogP contribution in [0, 0.1) is 17.3 Å². The molecule has 0 aliphatic heterocycles. The summed E-state index contributed by atoms with van der Waals surface area (Å²) >= 11 is 0. The lowest BCUT2D eigenvalue weighted by molar-refractivity contribution is -0.140. The second-order valence-electron chi connectivity index (χ2n) is 7.61. The lowest BCUT2D eigenvalue weighted by Crippen LogP contribution is -2.17. The first kappa shape index (κ1) is 15.2. The molecule has 4 rings (SSSR count). The normalized spacial score (nSPS) is 24.8. The van der Waals surface area contributed by atoms with Crippen molar-refractivity contribution in [3.8, 4) is 0 Å². The number of carbonyl (C=O) groups excluding carboxylic acids is 1. The van der Waals surface area contributed by atoms with E-state index in [0.29, 0.717) is 11.6 Å². The molecule has 0 radical (unpaired) electrons. The average molecular weight is 327 g/mol. The highest BCUT2D eigenvalue weighted by atomic mass is 16.4. The number of amides is 1. The average Bonchev–Trinajstić information content (AvgIpc) is 3.39. The van der Waals surface area contributed by atoms with Crippen molar-refractivity contribution in [2.45, 2.75) is 32.6 Å². The molecule has 2 N–H and O–H groups in total. The molecule has 2 fully saturated rings. The van der Waals surface area contributed by atoms with Gasteiger partial charge in [-0.05, 0) is 36.5 Å². The van der Waals surface area contributed by atoms with Gasteiger partial charge in [-0.3, -0.25) is 9.59 Å². The Labute approximate surface area is 139 Å².